The van der Waals surface area contributed by atoms with Gasteiger partial charge < -0.3 is 20.7 Å². The average Bonchev–Trinajstić information content (AvgIpc) is 2.46. The van der Waals surface area contributed by atoms with Crippen molar-refractivity contribution in [3.05, 3.63) is 0 Å². The minimum Gasteiger partial charge on any atom is -0.348 e. The highest BCUT2D eigenvalue weighted by Crippen LogP contribution is 2.01. The molecular formula is C12H21N3O4S. The van der Waals surface area contributed by atoms with Crippen molar-refractivity contribution in [2.24, 2.45) is 0 Å². The Morgan fingerprint density at radius 3 is 2.45 bits per heavy atom. The Labute approximate surface area is 122 Å². The molecule has 114 valence electrons. The molecular weight excluding hydrogens is 282 g/mol. The minimum atomic E-state index is -0.645. The fourth-order valence-corrected chi connectivity index (χ4v) is 1.78. The lowest BCUT2D eigenvalue weighted by atomic mass is 10.2. The molecule has 1 unspecified atom stereocenters. The summed E-state index contributed by atoms with van der Waals surface area (Å²) in [5, 5.41) is 7.36. The molecule has 3 N–H and O–H groups in total. The van der Waals surface area contributed by atoms with Crippen molar-refractivity contribution in [2.45, 2.75) is 25.8 Å². The first kappa shape index (κ1) is 18.4. The Morgan fingerprint density at radius 2 is 1.90 bits per heavy atom. The third kappa shape index (κ3) is 8.52. The highest BCUT2D eigenvalue weighted by atomic mass is 32.2. The first-order valence-electron chi connectivity index (χ1n) is 6.31. The van der Waals surface area contributed by atoms with Gasteiger partial charge in [-0.3, -0.25) is 14.4 Å². The molecule has 20 heavy (non-hydrogen) atoms. The normalized spacial score (nSPS) is 11.3. The van der Waals surface area contributed by atoms with Crippen LogP contribution in [-0.4, -0.2) is 55.1 Å². The molecule has 0 rings (SSSR count). The number of rotatable bonds is 10. The predicted molar refractivity (Wildman–Crippen MR) is 77.3 cm³/mol. The summed E-state index contributed by atoms with van der Waals surface area (Å²) in [6, 6.07) is -0.645. The van der Waals surface area contributed by atoms with Gasteiger partial charge in [0.1, 0.15) is 12.3 Å². The predicted octanol–water partition coefficient (Wildman–Crippen LogP) is -0.934. The molecule has 0 spiro atoms. The van der Waals surface area contributed by atoms with E-state index in [4.69, 9.17) is 0 Å². The molecule has 0 saturated carbocycles. The number of hydrogen-bond acceptors (Lipinski definition) is 5. The van der Waals surface area contributed by atoms with Crippen LogP contribution < -0.4 is 16.0 Å². The highest BCUT2D eigenvalue weighted by Gasteiger charge is 2.20. The van der Waals surface area contributed by atoms with Gasteiger partial charge in [0, 0.05) is 6.42 Å². The maximum absolute atomic E-state index is 11.9. The Hall–Kier alpha value is -1.57. The Balaban J connectivity index is 4.27. The lowest BCUT2D eigenvalue weighted by Gasteiger charge is -2.17. The molecule has 0 heterocycles. The van der Waals surface area contributed by atoms with Gasteiger partial charge >= 0.3 is 0 Å². The van der Waals surface area contributed by atoms with Crippen molar-refractivity contribution in [2.75, 3.05) is 25.1 Å². The Morgan fingerprint density at radius 1 is 1.20 bits per heavy atom. The number of thioether (sulfide) groups is 1. The second kappa shape index (κ2) is 11.3. The number of nitrogens with one attached hydrogen (secondary N) is 3. The van der Waals surface area contributed by atoms with Crippen LogP contribution in [0.4, 0.5) is 0 Å². The van der Waals surface area contributed by atoms with Crippen LogP contribution in [0.1, 0.15) is 19.8 Å². The zero-order valence-corrected chi connectivity index (χ0v) is 12.5. The molecule has 0 aliphatic rings. The summed E-state index contributed by atoms with van der Waals surface area (Å²) in [6.45, 7) is 1.40. The van der Waals surface area contributed by atoms with Gasteiger partial charge in [-0.25, -0.2) is 0 Å². The standard InChI is InChI=1S/C12H21N3O4S/c1-3-10(17)15-9(4-7-20-2)12(19)14-8-11(18)13-5-6-16/h6,9H,3-5,7-8H2,1-2H3,(H,13,18)(H,14,19)(H,15,17). The van der Waals surface area contributed by atoms with Crippen molar-refractivity contribution >= 4 is 35.8 Å². The third-order valence-electron chi connectivity index (χ3n) is 2.39. The summed E-state index contributed by atoms with van der Waals surface area (Å²) in [7, 11) is 0. The SMILES string of the molecule is CCC(=O)NC(CCSC)C(=O)NCC(=O)NCC=O. The van der Waals surface area contributed by atoms with E-state index in [1.165, 1.54) is 0 Å². The van der Waals surface area contributed by atoms with E-state index in [-0.39, 0.29) is 19.0 Å². The van der Waals surface area contributed by atoms with E-state index in [1.54, 1.807) is 18.7 Å². The van der Waals surface area contributed by atoms with Crippen LogP contribution in [0, 0.1) is 0 Å². The fourth-order valence-electron chi connectivity index (χ4n) is 1.31. The average molecular weight is 303 g/mol. The summed E-state index contributed by atoms with van der Waals surface area (Å²) >= 11 is 1.57. The molecule has 0 aliphatic carbocycles. The van der Waals surface area contributed by atoms with Gasteiger partial charge in [0.05, 0.1) is 13.1 Å². The quantitative estimate of drug-likeness (QED) is 0.452. The van der Waals surface area contributed by atoms with Crippen LogP contribution >= 0.6 is 11.8 Å². The van der Waals surface area contributed by atoms with Crippen molar-refractivity contribution < 1.29 is 19.2 Å². The Bertz CT molecular complexity index is 350. The van der Waals surface area contributed by atoms with E-state index in [1.807, 2.05) is 6.26 Å². The van der Waals surface area contributed by atoms with E-state index >= 15 is 0 Å². The summed E-state index contributed by atoms with van der Waals surface area (Å²) in [4.78, 5) is 44.6. The molecule has 0 saturated heterocycles. The van der Waals surface area contributed by atoms with Gasteiger partial charge in [-0.1, -0.05) is 6.92 Å². The molecule has 7 nitrogen and oxygen atoms in total. The van der Waals surface area contributed by atoms with E-state index in [0.717, 1.165) is 5.75 Å². The number of carbonyl (C=O) groups is 4. The third-order valence-corrected chi connectivity index (χ3v) is 3.03. The van der Waals surface area contributed by atoms with Gasteiger partial charge in [-0.05, 0) is 18.4 Å². The topological polar surface area (TPSA) is 104 Å². The maximum Gasteiger partial charge on any atom is 0.243 e. The summed E-state index contributed by atoms with van der Waals surface area (Å²) < 4.78 is 0. The van der Waals surface area contributed by atoms with Gasteiger partial charge in [0.15, 0.2) is 0 Å². The number of amides is 3. The van der Waals surface area contributed by atoms with Crippen LogP contribution in [0.25, 0.3) is 0 Å². The molecule has 0 aromatic heterocycles. The first-order chi connectivity index (χ1) is 9.54. The highest BCUT2D eigenvalue weighted by molar-refractivity contribution is 7.98. The van der Waals surface area contributed by atoms with Gasteiger partial charge in [-0.2, -0.15) is 11.8 Å². The summed E-state index contributed by atoms with van der Waals surface area (Å²) in [6.07, 6.45) is 3.25. The van der Waals surface area contributed by atoms with Gasteiger partial charge in [0.2, 0.25) is 17.7 Å². The largest absolute Gasteiger partial charge is 0.348 e. The van der Waals surface area contributed by atoms with Crippen LogP contribution in [0.3, 0.4) is 0 Å². The molecule has 8 heteroatoms. The summed E-state index contributed by atoms with van der Waals surface area (Å²) in [5.74, 6) is -0.339. The van der Waals surface area contributed by atoms with Crippen LogP contribution in [0.2, 0.25) is 0 Å². The zero-order chi connectivity index (χ0) is 15.4. The molecule has 0 aromatic carbocycles. The smallest absolute Gasteiger partial charge is 0.243 e. The summed E-state index contributed by atoms with van der Waals surface area (Å²) in [5.41, 5.74) is 0. The molecule has 3 amide bonds. The number of aldehydes is 1. The monoisotopic (exact) mass is 303 g/mol. The molecule has 0 fully saturated rings. The number of carbonyl (C=O) groups excluding carboxylic acids is 4. The molecule has 0 aromatic rings. The molecule has 0 bridgehead atoms. The number of hydrogen-bond donors (Lipinski definition) is 3. The van der Waals surface area contributed by atoms with E-state index in [2.05, 4.69) is 16.0 Å². The van der Waals surface area contributed by atoms with Crippen molar-refractivity contribution in [3.63, 3.8) is 0 Å². The van der Waals surface area contributed by atoms with Gasteiger partial charge in [0.25, 0.3) is 0 Å². The molecule has 0 radical (unpaired) electrons. The fraction of sp³-hybridized carbons (Fsp3) is 0.667. The van der Waals surface area contributed by atoms with E-state index in [0.29, 0.717) is 19.1 Å². The lowest BCUT2D eigenvalue weighted by Crippen LogP contribution is -2.49. The second-order valence-corrected chi connectivity index (χ2v) is 4.93. The van der Waals surface area contributed by atoms with Crippen molar-refractivity contribution in [1.82, 2.24) is 16.0 Å². The van der Waals surface area contributed by atoms with Crippen LogP contribution in [0.5, 0.6) is 0 Å². The zero-order valence-electron chi connectivity index (χ0n) is 11.7. The molecule has 0 aliphatic heterocycles. The lowest BCUT2D eigenvalue weighted by molar-refractivity contribution is -0.130. The van der Waals surface area contributed by atoms with Crippen molar-refractivity contribution in [3.8, 4) is 0 Å². The first-order valence-corrected chi connectivity index (χ1v) is 7.70. The maximum atomic E-state index is 11.9. The van der Waals surface area contributed by atoms with Crippen molar-refractivity contribution in [1.29, 1.82) is 0 Å². The Kier molecular flexibility index (Phi) is 10.4. The minimum absolute atomic E-state index is 0.0861. The molecule has 1 atom stereocenters. The van der Waals surface area contributed by atoms with E-state index in [9.17, 15) is 19.2 Å². The van der Waals surface area contributed by atoms with Crippen LogP contribution in [0.15, 0.2) is 0 Å². The van der Waals surface area contributed by atoms with Gasteiger partial charge in [-0.15, -0.1) is 0 Å². The second-order valence-electron chi connectivity index (χ2n) is 3.94. The van der Waals surface area contributed by atoms with E-state index < -0.39 is 17.9 Å². The van der Waals surface area contributed by atoms with Crippen LogP contribution in [-0.2, 0) is 19.2 Å².